The highest BCUT2D eigenvalue weighted by Gasteiger charge is 2.37. The second kappa shape index (κ2) is 9.22. The molecule has 1 aromatic rings. The third-order valence-electron chi connectivity index (χ3n) is 5.81. The van der Waals surface area contributed by atoms with Crippen molar-refractivity contribution in [3.05, 3.63) is 30.3 Å². The normalized spacial score (nSPS) is 21.7. The Labute approximate surface area is 161 Å². The molecule has 1 saturated carbocycles. The van der Waals surface area contributed by atoms with E-state index in [0.29, 0.717) is 26.1 Å². The van der Waals surface area contributed by atoms with Gasteiger partial charge in [-0.15, -0.1) is 0 Å². The number of ether oxygens (including phenoxy) is 1. The maximum atomic E-state index is 12.8. The van der Waals surface area contributed by atoms with Crippen molar-refractivity contribution in [2.75, 3.05) is 26.2 Å². The van der Waals surface area contributed by atoms with E-state index >= 15 is 0 Å². The van der Waals surface area contributed by atoms with Crippen LogP contribution in [-0.4, -0.2) is 48.5 Å². The Morgan fingerprint density at radius 2 is 1.93 bits per heavy atom. The minimum atomic E-state index is -0.229. The number of nitrogens with one attached hydrogen (secondary N) is 1. The maximum absolute atomic E-state index is 12.8. The predicted octanol–water partition coefficient (Wildman–Crippen LogP) is 2.08. The molecule has 1 heterocycles. The zero-order chi connectivity index (χ0) is 19.1. The monoisotopic (exact) mass is 373 g/mol. The number of amides is 2. The Morgan fingerprint density at radius 1 is 1.19 bits per heavy atom. The van der Waals surface area contributed by atoms with Crippen molar-refractivity contribution in [1.29, 1.82) is 0 Å². The lowest BCUT2D eigenvalue weighted by molar-refractivity contribution is -0.136. The van der Waals surface area contributed by atoms with Crippen LogP contribution in [0.2, 0.25) is 0 Å². The van der Waals surface area contributed by atoms with Gasteiger partial charge in [-0.05, 0) is 37.8 Å². The van der Waals surface area contributed by atoms with Crippen LogP contribution in [0.1, 0.15) is 44.9 Å². The van der Waals surface area contributed by atoms with Crippen LogP contribution < -0.4 is 15.8 Å². The van der Waals surface area contributed by atoms with Crippen molar-refractivity contribution in [3.63, 3.8) is 0 Å². The van der Waals surface area contributed by atoms with Gasteiger partial charge in [0.2, 0.25) is 11.8 Å². The summed E-state index contributed by atoms with van der Waals surface area (Å²) in [5.41, 5.74) is 5.70. The highest BCUT2D eigenvalue weighted by molar-refractivity contribution is 5.82. The third-order valence-corrected chi connectivity index (χ3v) is 5.81. The van der Waals surface area contributed by atoms with Gasteiger partial charge >= 0.3 is 0 Å². The Morgan fingerprint density at radius 3 is 2.63 bits per heavy atom. The SMILES string of the molecule is NCC1(NC(=O)C2CCCN(C(=O)CCOc3ccccc3)C2)CCCC1. The molecule has 0 aromatic heterocycles. The number of nitrogens with zero attached hydrogens (tertiary/aromatic N) is 1. The van der Waals surface area contributed by atoms with E-state index in [-0.39, 0.29) is 23.3 Å². The lowest BCUT2D eigenvalue weighted by Gasteiger charge is -2.35. The van der Waals surface area contributed by atoms with E-state index in [1.165, 1.54) is 0 Å². The fourth-order valence-electron chi connectivity index (χ4n) is 4.14. The van der Waals surface area contributed by atoms with Gasteiger partial charge in [0.25, 0.3) is 0 Å². The first-order valence-electron chi connectivity index (χ1n) is 10.1. The Kier molecular flexibility index (Phi) is 6.72. The van der Waals surface area contributed by atoms with Gasteiger partial charge in [0.1, 0.15) is 5.75 Å². The molecule has 6 nitrogen and oxygen atoms in total. The fourth-order valence-corrected chi connectivity index (χ4v) is 4.14. The summed E-state index contributed by atoms with van der Waals surface area (Å²) in [4.78, 5) is 27.1. The van der Waals surface area contributed by atoms with E-state index in [1.807, 2.05) is 35.2 Å². The minimum Gasteiger partial charge on any atom is -0.493 e. The highest BCUT2D eigenvalue weighted by atomic mass is 16.5. The van der Waals surface area contributed by atoms with Gasteiger partial charge in [0.15, 0.2) is 0 Å². The summed E-state index contributed by atoms with van der Waals surface area (Å²) in [5.74, 6) is 0.741. The summed E-state index contributed by atoms with van der Waals surface area (Å²) in [6, 6.07) is 9.49. The Balaban J connectivity index is 1.46. The summed E-state index contributed by atoms with van der Waals surface area (Å²) < 4.78 is 5.62. The van der Waals surface area contributed by atoms with Gasteiger partial charge in [-0.3, -0.25) is 9.59 Å². The summed E-state index contributed by atoms with van der Waals surface area (Å²) in [5, 5.41) is 3.21. The number of carbonyl (C=O) groups excluding carboxylic acids is 2. The molecule has 148 valence electrons. The van der Waals surface area contributed by atoms with Gasteiger partial charge in [-0.2, -0.15) is 0 Å². The summed E-state index contributed by atoms with van der Waals surface area (Å²) in [7, 11) is 0. The van der Waals surface area contributed by atoms with Gasteiger partial charge in [-0.25, -0.2) is 0 Å². The zero-order valence-corrected chi connectivity index (χ0v) is 16.0. The van der Waals surface area contributed by atoms with Crippen molar-refractivity contribution in [2.24, 2.45) is 11.7 Å². The molecular formula is C21H31N3O3. The summed E-state index contributed by atoms with van der Waals surface area (Å²) in [6.45, 7) is 2.06. The lowest BCUT2D eigenvalue weighted by Crippen LogP contribution is -2.55. The fraction of sp³-hybridized carbons (Fsp3) is 0.619. The second-order valence-electron chi connectivity index (χ2n) is 7.77. The molecule has 1 aliphatic heterocycles. The van der Waals surface area contributed by atoms with Gasteiger partial charge < -0.3 is 20.7 Å². The lowest BCUT2D eigenvalue weighted by atomic mass is 9.92. The molecular weight excluding hydrogens is 342 g/mol. The molecule has 1 saturated heterocycles. The van der Waals surface area contributed by atoms with E-state index in [4.69, 9.17) is 10.5 Å². The highest BCUT2D eigenvalue weighted by Crippen LogP contribution is 2.29. The Bertz CT molecular complexity index is 629. The molecule has 0 bridgehead atoms. The first-order valence-corrected chi connectivity index (χ1v) is 10.1. The number of nitrogens with two attached hydrogens (primary N) is 1. The minimum absolute atomic E-state index is 0.0536. The standard InChI is InChI=1S/C21H31N3O3/c22-16-21(11-4-5-12-21)23-20(26)17-7-6-13-24(15-17)19(25)10-14-27-18-8-2-1-3-9-18/h1-3,8-9,17H,4-7,10-16,22H2,(H,23,26). The molecule has 1 aliphatic carbocycles. The van der Waals surface area contributed by atoms with Crippen LogP contribution in [0.25, 0.3) is 0 Å². The molecule has 27 heavy (non-hydrogen) atoms. The van der Waals surface area contributed by atoms with Gasteiger partial charge in [0, 0.05) is 19.6 Å². The van der Waals surface area contributed by atoms with Crippen molar-refractivity contribution in [1.82, 2.24) is 10.2 Å². The molecule has 6 heteroatoms. The number of rotatable bonds is 7. The van der Waals surface area contributed by atoms with Gasteiger partial charge in [0.05, 0.1) is 24.5 Å². The van der Waals surface area contributed by atoms with Crippen LogP contribution in [0.15, 0.2) is 30.3 Å². The molecule has 2 fully saturated rings. The average Bonchev–Trinajstić information content (AvgIpc) is 3.18. The summed E-state index contributed by atoms with van der Waals surface area (Å²) in [6.07, 6.45) is 6.18. The largest absolute Gasteiger partial charge is 0.493 e. The molecule has 2 aliphatic rings. The van der Waals surface area contributed by atoms with Crippen LogP contribution in [-0.2, 0) is 9.59 Å². The number of hydrogen-bond donors (Lipinski definition) is 2. The zero-order valence-electron chi connectivity index (χ0n) is 16.0. The van der Waals surface area contributed by atoms with Crippen LogP contribution in [0.3, 0.4) is 0 Å². The van der Waals surface area contributed by atoms with E-state index < -0.39 is 0 Å². The Hall–Kier alpha value is -2.08. The molecule has 3 rings (SSSR count). The quantitative estimate of drug-likeness (QED) is 0.766. The number of para-hydroxylation sites is 1. The number of benzene rings is 1. The molecule has 1 unspecified atom stereocenters. The van der Waals surface area contributed by atoms with Crippen LogP contribution >= 0.6 is 0 Å². The van der Waals surface area contributed by atoms with E-state index in [9.17, 15) is 9.59 Å². The number of likely N-dealkylation sites (tertiary alicyclic amines) is 1. The molecule has 0 spiro atoms. The molecule has 3 N–H and O–H groups in total. The predicted molar refractivity (Wildman–Crippen MR) is 104 cm³/mol. The number of hydrogen-bond acceptors (Lipinski definition) is 4. The second-order valence-corrected chi connectivity index (χ2v) is 7.77. The third kappa shape index (κ3) is 5.22. The maximum Gasteiger partial charge on any atom is 0.226 e. The average molecular weight is 373 g/mol. The summed E-state index contributed by atoms with van der Waals surface area (Å²) >= 11 is 0. The van der Waals surface area contributed by atoms with Crippen molar-refractivity contribution in [2.45, 2.75) is 50.5 Å². The van der Waals surface area contributed by atoms with E-state index in [0.717, 1.165) is 50.8 Å². The van der Waals surface area contributed by atoms with Crippen LogP contribution in [0.5, 0.6) is 5.75 Å². The molecule has 0 radical (unpaired) electrons. The van der Waals surface area contributed by atoms with Crippen molar-refractivity contribution >= 4 is 11.8 Å². The number of carbonyl (C=O) groups is 2. The smallest absolute Gasteiger partial charge is 0.226 e. The van der Waals surface area contributed by atoms with Crippen molar-refractivity contribution < 1.29 is 14.3 Å². The van der Waals surface area contributed by atoms with Gasteiger partial charge in [-0.1, -0.05) is 31.0 Å². The molecule has 1 aromatic carbocycles. The molecule has 1 atom stereocenters. The number of piperidine rings is 1. The first kappa shape index (κ1) is 19.7. The van der Waals surface area contributed by atoms with Crippen molar-refractivity contribution in [3.8, 4) is 5.75 Å². The van der Waals surface area contributed by atoms with E-state index in [2.05, 4.69) is 5.32 Å². The van der Waals surface area contributed by atoms with Crippen LogP contribution in [0, 0.1) is 5.92 Å². The van der Waals surface area contributed by atoms with E-state index in [1.54, 1.807) is 0 Å². The van der Waals surface area contributed by atoms with Crippen LogP contribution in [0.4, 0.5) is 0 Å². The first-order chi connectivity index (χ1) is 13.1. The molecule has 2 amide bonds. The topological polar surface area (TPSA) is 84.7 Å².